The van der Waals surface area contributed by atoms with E-state index >= 15 is 0 Å². The lowest BCUT2D eigenvalue weighted by molar-refractivity contribution is 0.0848. The first-order chi connectivity index (χ1) is 9.11. The van der Waals surface area contributed by atoms with Crippen molar-refractivity contribution in [1.29, 1.82) is 0 Å². The van der Waals surface area contributed by atoms with E-state index in [0.717, 1.165) is 38.4 Å². The third kappa shape index (κ3) is 3.02. The van der Waals surface area contributed by atoms with E-state index in [1.165, 1.54) is 0 Å². The lowest BCUT2D eigenvalue weighted by Crippen LogP contribution is -2.55. The molecule has 19 heavy (non-hydrogen) atoms. The van der Waals surface area contributed by atoms with Gasteiger partial charge in [0.2, 0.25) is 0 Å². The van der Waals surface area contributed by atoms with Crippen molar-refractivity contribution in [2.75, 3.05) is 26.2 Å². The summed E-state index contributed by atoms with van der Waals surface area (Å²) in [6, 6.07) is 4.59. The number of furan rings is 1. The van der Waals surface area contributed by atoms with Crippen molar-refractivity contribution in [2.45, 2.75) is 45.3 Å². The largest absolute Gasteiger partial charge is 0.468 e. The Labute approximate surface area is 116 Å². The van der Waals surface area contributed by atoms with Crippen LogP contribution in [0.2, 0.25) is 0 Å². The van der Waals surface area contributed by atoms with Gasteiger partial charge in [0.15, 0.2) is 0 Å². The Bertz CT molecular complexity index is 377. The summed E-state index contributed by atoms with van der Waals surface area (Å²) in [6.45, 7) is 11.5. The van der Waals surface area contributed by atoms with Crippen LogP contribution in [0.15, 0.2) is 22.8 Å². The van der Waals surface area contributed by atoms with E-state index < -0.39 is 0 Å². The molecule has 1 fully saturated rings. The number of likely N-dealkylation sites (tertiary alicyclic amines) is 1. The summed E-state index contributed by atoms with van der Waals surface area (Å²) in [7, 11) is 0. The zero-order valence-corrected chi connectivity index (χ0v) is 12.4. The fourth-order valence-electron chi connectivity index (χ4n) is 3.09. The Hall–Kier alpha value is -0.840. The molecule has 2 heterocycles. The summed E-state index contributed by atoms with van der Waals surface area (Å²) in [4.78, 5) is 5.01. The van der Waals surface area contributed by atoms with Gasteiger partial charge < -0.3 is 10.2 Å². The molecule has 1 unspecified atom stereocenters. The number of hydrogen-bond donors (Lipinski definition) is 1. The molecule has 2 rings (SSSR count). The van der Waals surface area contributed by atoms with Gasteiger partial charge in [0, 0.05) is 31.2 Å². The highest BCUT2D eigenvalue weighted by Crippen LogP contribution is 2.29. The number of nitrogens with two attached hydrogens (primary N) is 1. The molecule has 0 aliphatic carbocycles. The molecule has 0 spiro atoms. The first-order valence-corrected chi connectivity index (χ1v) is 7.33. The highest BCUT2D eigenvalue weighted by atomic mass is 16.3. The topological polar surface area (TPSA) is 45.6 Å². The molecule has 108 valence electrons. The molecule has 1 atom stereocenters. The quantitative estimate of drug-likeness (QED) is 0.853. The number of likely N-dealkylation sites (N-methyl/N-ethyl adjacent to an activating group) is 1. The SMILES string of the molecule is CCN(Cc1ccco1)C1(CN)CCN(C(C)C)C1. The Morgan fingerprint density at radius 1 is 1.53 bits per heavy atom. The fraction of sp³-hybridized carbons (Fsp3) is 0.733. The smallest absolute Gasteiger partial charge is 0.117 e. The monoisotopic (exact) mass is 265 g/mol. The maximum absolute atomic E-state index is 6.14. The van der Waals surface area contributed by atoms with Crippen LogP contribution >= 0.6 is 0 Å². The van der Waals surface area contributed by atoms with Crippen molar-refractivity contribution in [1.82, 2.24) is 9.80 Å². The van der Waals surface area contributed by atoms with E-state index in [1.54, 1.807) is 6.26 Å². The number of rotatable bonds is 6. The lowest BCUT2D eigenvalue weighted by atomic mass is 9.95. The Morgan fingerprint density at radius 2 is 2.32 bits per heavy atom. The highest BCUT2D eigenvalue weighted by molar-refractivity contribution is 5.04. The van der Waals surface area contributed by atoms with E-state index in [1.807, 2.05) is 12.1 Å². The average molecular weight is 265 g/mol. The summed E-state index contributed by atoms with van der Waals surface area (Å²) in [6.07, 6.45) is 2.89. The van der Waals surface area contributed by atoms with E-state index in [0.29, 0.717) is 12.6 Å². The molecule has 1 aliphatic heterocycles. The van der Waals surface area contributed by atoms with Crippen LogP contribution in [0.1, 0.15) is 33.0 Å². The van der Waals surface area contributed by atoms with Gasteiger partial charge in [-0.2, -0.15) is 0 Å². The zero-order valence-electron chi connectivity index (χ0n) is 12.4. The average Bonchev–Trinajstić information content (AvgIpc) is 3.05. The maximum atomic E-state index is 6.14. The molecule has 1 aliphatic rings. The summed E-state index contributed by atoms with van der Waals surface area (Å²) in [5.74, 6) is 1.03. The molecule has 1 aromatic rings. The van der Waals surface area contributed by atoms with Crippen LogP contribution in [0, 0.1) is 0 Å². The maximum Gasteiger partial charge on any atom is 0.117 e. The Balaban J connectivity index is 2.10. The first-order valence-electron chi connectivity index (χ1n) is 7.33. The van der Waals surface area contributed by atoms with Crippen LogP contribution in [0.25, 0.3) is 0 Å². The van der Waals surface area contributed by atoms with Gasteiger partial charge in [-0.05, 0) is 38.9 Å². The van der Waals surface area contributed by atoms with Gasteiger partial charge >= 0.3 is 0 Å². The van der Waals surface area contributed by atoms with Crippen LogP contribution in [0.3, 0.4) is 0 Å². The van der Waals surface area contributed by atoms with Crippen LogP contribution in [0.5, 0.6) is 0 Å². The number of hydrogen-bond acceptors (Lipinski definition) is 4. The first kappa shape index (κ1) is 14.6. The highest BCUT2D eigenvalue weighted by Gasteiger charge is 2.42. The van der Waals surface area contributed by atoms with Gasteiger partial charge in [-0.1, -0.05) is 6.92 Å². The van der Waals surface area contributed by atoms with Crippen LogP contribution < -0.4 is 5.73 Å². The molecule has 0 aromatic carbocycles. The third-order valence-corrected chi connectivity index (χ3v) is 4.45. The van der Waals surface area contributed by atoms with Crippen molar-refractivity contribution in [2.24, 2.45) is 5.73 Å². The second-order valence-corrected chi connectivity index (χ2v) is 5.84. The second kappa shape index (κ2) is 6.07. The van der Waals surface area contributed by atoms with Crippen molar-refractivity contribution >= 4 is 0 Å². The van der Waals surface area contributed by atoms with Gasteiger partial charge in [-0.25, -0.2) is 0 Å². The van der Waals surface area contributed by atoms with Crippen molar-refractivity contribution < 1.29 is 4.42 Å². The summed E-state index contributed by atoms with van der Waals surface area (Å²) in [5, 5.41) is 0. The molecule has 0 radical (unpaired) electrons. The van der Waals surface area contributed by atoms with E-state index in [-0.39, 0.29) is 5.54 Å². The fourth-order valence-corrected chi connectivity index (χ4v) is 3.09. The molecule has 1 saturated heterocycles. The standard InChI is InChI=1S/C15H27N3O/c1-4-18(10-14-6-5-9-19-14)15(11-16)7-8-17(12-15)13(2)3/h5-6,9,13H,4,7-8,10-12,16H2,1-3H3. The molecular formula is C15H27N3O. The molecular weight excluding hydrogens is 238 g/mol. The predicted molar refractivity (Wildman–Crippen MR) is 77.9 cm³/mol. The second-order valence-electron chi connectivity index (χ2n) is 5.84. The number of nitrogens with zero attached hydrogens (tertiary/aromatic N) is 2. The van der Waals surface area contributed by atoms with Crippen molar-refractivity contribution in [3.63, 3.8) is 0 Å². The zero-order chi connectivity index (χ0) is 13.9. The van der Waals surface area contributed by atoms with Crippen molar-refractivity contribution in [3.8, 4) is 0 Å². The molecule has 0 saturated carbocycles. The van der Waals surface area contributed by atoms with Crippen LogP contribution in [-0.4, -0.2) is 47.6 Å². The summed E-state index contributed by atoms with van der Waals surface area (Å²) in [5.41, 5.74) is 6.24. The van der Waals surface area contributed by atoms with Gasteiger partial charge in [-0.3, -0.25) is 9.80 Å². The lowest BCUT2D eigenvalue weighted by Gasteiger charge is -2.40. The van der Waals surface area contributed by atoms with Gasteiger partial charge in [0.1, 0.15) is 5.76 Å². The normalized spacial score (nSPS) is 24.7. The molecule has 4 heteroatoms. The Kier molecular flexibility index (Phi) is 4.66. The van der Waals surface area contributed by atoms with E-state index in [4.69, 9.17) is 10.2 Å². The Morgan fingerprint density at radius 3 is 2.79 bits per heavy atom. The van der Waals surface area contributed by atoms with E-state index in [9.17, 15) is 0 Å². The minimum Gasteiger partial charge on any atom is -0.468 e. The van der Waals surface area contributed by atoms with Crippen LogP contribution in [-0.2, 0) is 6.54 Å². The summed E-state index contributed by atoms with van der Waals surface area (Å²) >= 11 is 0. The molecule has 1 aromatic heterocycles. The molecule has 0 bridgehead atoms. The van der Waals surface area contributed by atoms with Gasteiger partial charge in [0.25, 0.3) is 0 Å². The predicted octanol–water partition coefficient (Wildman–Crippen LogP) is 1.91. The molecule has 2 N–H and O–H groups in total. The van der Waals surface area contributed by atoms with E-state index in [2.05, 4.69) is 30.6 Å². The van der Waals surface area contributed by atoms with Gasteiger partial charge in [0.05, 0.1) is 12.8 Å². The summed E-state index contributed by atoms with van der Waals surface area (Å²) < 4.78 is 5.49. The minimum atomic E-state index is 0.103. The van der Waals surface area contributed by atoms with Crippen LogP contribution in [0.4, 0.5) is 0 Å². The van der Waals surface area contributed by atoms with Crippen molar-refractivity contribution in [3.05, 3.63) is 24.2 Å². The molecule has 0 amide bonds. The van der Waals surface area contributed by atoms with Gasteiger partial charge in [-0.15, -0.1) is 0 Å². The third-order valence-electron chi connectivity index (χ3n) is 4.45. The molecule has 4 nitrogen and oxygen atoms in total. The minimum absolute atomic E-state index is 0.103.